The van der Waals surface area contributed by atoms with Gasteiger partial charge in [-0.15, -0.1) is 0 Å². The molecule has 0 unspecified atom stereocenters. The van der Waals surface area contributed by atoms with Crippen LogP contribution in [0.4, 0.5) is 0 Å². The summed E-state index contributed by atoms with van der Waals surface area (Å²) in [4.78, 5) is 3.78. The van der Waals surface area contributed by atoms with Crippen LogP contribution in [-0.4, -0.2) is 4.98 Å². The summed E-state index contributed by atoms with van der Waals surface area (Å²) in [6.07, 6.45) is 1.26. The molecule has 0 radical (unpaired) electrons. The molecular formula is C8H10BrN. The number of hydrogen-bond acceptors (Lipinski definition) is 1. The van der Waals surface area contributed by atoms with Gasteiger partial charge in [0.2, 0.25) is 0 Å². The van der Waals surface area contributed by atoms with Crippen molar-refractivity contribution in [3.05, 3.63) is 28.5 Å². The molecule has 0 atom stereocenters. The van der Waals surface area contributed by atoms with Gasteiger partial charge in [-0.1, -0.05) is 13.7 Å². The van der Waals surface area contributed by atoms with Crippen LogP contribution >= 0.6 is 15.9 Å². The van der Waals surface area contributed by atoms with Crippen LogP contribution < -0.4 is 0 Å². The second kappa shape index (κ2) is 3.15. The van der Waals surface area contributed by atoms with E-state index in [-0.39, 0.29) is 5.56 Å². The third kappa shape index (κ3) is 1.81. The van der Waals surface area contributed by atoms with Crippen molar-refractivity contribution >= 4 is 15.9 Å². The maximum atomic E-state index is 7.89. The number of hydrogen-bond donors (Lipinski definition) is 0. The lowest BCUT2D eigenvalue weighted by molar-refractivity contribution is 0.861. The third-order valence-corrected chi connectivity index (χ3v) is 1.45. The first-order valence-electron chi connectivity index (χ1n) is 6.12. The van der Waals surface area contributed by atoms with Crippen LogP contribution in [0.2, 0.25) is 0 Å². The Morgan fingerprint density at radius 2 is 2.60 bits per heavy atom. The van der Waals surface area contributed by atoms with Gasteiger partial charge >= 0.3 is 0 Å². The zero-order valence-electron chi connectivity index (χ0n) is 12.1. The van der Waals surface area contributed by atoms with Crippen molar-refractivity contribution in [3.8, 4) is 0 Å². The Balaban J connectivity index is 3.46. The molecule has 1 aromatic rings. The van der Waals surface area contributed by atoms with E-state index in [4.69, 9.17) is 9.60 Å². The van der Waals surface area contributed by atoms with E-state index in [2.05, 4.69) is 20.9 Å². The van der Waals surface area contributed by atoms with E-state index in [9.17, 15) is 0 Å². The molecule has 0 saturated carbocycles. The topological polar surface area (TPSA) is 12.9 Å². The van der Waals surface area contributed by atoms with Gasteiger partial charge in [-0.3, -0.25) is 0 Å². The molecule has 0 aliphatic rings. The molecule has 0 aliphatic heterocycles. The Morgan fingerprint density at radius 3 is 3.20 bits per heavy atom. The maximum absolute atomic E-state index is 7.89. The zero-order valence-corrected chi connectivity index (χ0v) is 6.64. The highest BCUT2D eigenvalue weighted by atomic mass is 79.9. The molecule has 0 bridgehead atoms. The SMILES string of the molecule is [2H]C([2H])([2H])C([2H])(c1ccnc(Br)c1)C([2H])([2H])[2H]. The van der Waals surface area contributed by atoms with E-state index < -0.39 is 19.6 Å². The molecule has 1 rings (SSSR count). The minimum atomic E-state index is -2.96. The lowest BCUT2D eigenvalue weighted by Gasteiger charge is -2.03. The normalized spacial score (nSPS) is 24.3. The summed E-state index contributed by atoms with van der Waals surface area (Å²) < 4.78 is 52.0. The fourth-order valence-electron chi connectivity index (χ4n) is 0.558. The highest BCUT2D eigenvalue weighted by molar-refractivity contribution is 9.10. The first-order valence-corrected chi connectivity index (χ1v) is 3.41. The van der Waals surface area contributed by atoms with Crippen molar-refractivity contribution in [1.29, 1.82) is 0 Å². The van der Waals surface area contributed by atoms with Gasteiger partial charge in [0.15, 0.2) is 0 Å². The molecule has 2 heteroatoms. The Morgan fingerprint density at radius 1 is 1.80 bits per heavy atom. The molecule has 0 fully saturated rings. The van der Waals surface area contributed by atoms with Gasteiger partial charge in [-0.25, -0.2) is 4.98 Å². The lowest BCUT2D eigenvalue weighted by Crippen LogP contribution is -1.87. The highest BCUT2D eigenvalue weighted by Crippen LogP contribution is 2.16. The van der Waals surface area contributed by atoms with Gasteiger partial charge < -0.3 is 0 Å². The average molecular weight is 207 g/mol. The zero-order chi connectivity index (χ0) is 13.5. The summed E-state index contributed by atoms with van der Waals surface area (Å²) in [5, 5.41) is 0. The highest BCUT2D eigenvalue weighted by Gasteiger charge is 1.97. The van der Waals surface area contributed by atoms with Crippen LogP contribution in [0.1, 0.15) is 34.8 Å². The summed E-state index contributed by atoms with van der Waals surface area (Å²) in [5.41, 5.74) is -0.112. The average Bonchev–Trinajstić information content (AvgIpc) is 2.12. The van der Waals surface area contributed by atoms with Crippen LogP contribution in [0.25, 0.3) is 0 Å². The fourth-order valence-corrected chi connectivity index (χ4v) is 0.923. The molecule has 0 spiro atoms. The fraction of sp³-hybridized carbons (Fsp3) is 0.375. The van der Waals surface area contributed by atoms with Crippen molar-refractivity contribution in [1.82, 2.24) is 4.98 Å². The lowest BCUT2D eigenvalue weighted by atomic mass is 10.1. The summed E-state index contributed by atoms with van der Waals surface area (Å²) in [6.45, 7) is -5.92. The van der Waals surface area contributed by atoms with Crippen molar-refractivity contribution in [2.75, 3.05) is 0 Å². The van der Waals surface area contributed by atoms with Crippen LogP contribution in [-0.2, 0) is 0 Å². The smallest absolute Gasteiger partial charge is 0.106 e. The van der Waals surface area contributed by atoms with E-state index in [0.29, 0.717) is 4.60 Å². The van der Waals surface area contributed by atoms with Crippen LogP contribution in [0.5, 0.6) is 0 Å². The third-order valence-electron chi connectivity index (χ3n) is 1.02. The van der Waals surface area contributed by atoms with E-state index in [1.165, 1.54) is 18.3 Å². The van der Waals surface area contributed by atoms with Gasteiger partial charge in [0.25, 0.3) is 0 Å². The molecule has 0 amide bonds. The van der Waals surface area contributed by atoms with E-state index in [1.807, 2.05) is 0 Å². The van der Waals surface area contributed by atoms with Gasteiger partial charge in [-0.05, 0) is 39.5 Å². The van der Waals surface area contributed by atoms with Crippen molar-refractivity contribution in [2.24, 2.45) is 0 Å². The molecule has 1 heterocycles. The first-order chi connectivity index (χ1) is 7.50. The molecule has 0 aliphatic carbocycles. The van der Waals surface area contributed by atoms with E-state index >= 15 is 0 Å². The van der Waals surface area contributed by atoms with Crippen molar-refractivity contribution in [2.45, 2.75) is 19.6 Å². The number of nitrogens with zero attached hydrogens (tertiary/aromatic N) is 1. The van der Waals surface area contributed by atoms with Gasteiger partial charge in [-0.2, -0.15) is 0 Å². The Hall–Kier alpha value is -0.370. The number of halogens is 1. The predicted octanol–water partition coefficient (Wildman–Crippen LogP) is 2.97. The van der Waals surface area contributed by atoms with Crippen LogP contribution in [0.3, 0.4) is 0 Å². The molecule has 1 aromatic heterocycles. The van der Waals surface area contributed by atoms with Crippen molar-refractivity contribution in [3.63, 3.8) is 0 Å². The molecule has 0 aromatic carbocycles. The molecular weight excluding hydrogens is 190 g/mol. The summed E-state index contributed by atoms with van der Waals surface area (Å²) in [7, 11) is 0. The minimum Gasteiger partial charge on any atom is -0.249 e. The van der Waals surface area contributed by atoms with Gasteiger partial charge in [0, 0.05) is 15.8 Å². The minimum absolute atomic E-state index is 0.112. The summed E-state index contributed by atoms with van der Waals surface area (Å²) in [5.74, 6) is -2.66. The predicted molar refractivity (Wildman–Crippen MR) is 46.0 cm³/mol. The first kappa shape index (κ1) is 2.59. The van der Waals surface area contributed by atoms with Crippen LogP contribution in [0, 0.1) is 0 Å². The molecule has 0 N–H and O–H groups in total. The second-order valence-corrected chi connectivity index (χ2v) is 2.55. The molecule has 54 valence electrons. The van der Waals surface area contributed by atoms with Gasteiger partial charge in [0.05, 0.1) is 0 Å². The monoisotopic (exact) mass is 206 g/mol. The molecule has 0 saturated heterocycles. The van der Waals surface area contributed by atoms with E-state index in [0.717, 1.165) is 0 Å². The van der Waals surface area contributed by atoms with Crippen molar-refractivity contribution < 1.29 is 9.60 Å². The van der Waals surface area contributed by atoms with Crippen LogP contribution in [0.15, 0.2) is 22.9 Å². The standard InChI is InChI=1S/C8H10BrN/c1-6(2)7-3-4-10-8(9)5-7/h3-6H,1-2H3/i1D3,2D3,6D. The van der Waals surface area contributed by atoms with E-state index in [1.54, 1.807) is 0 Å². The molecule has 10 heavy (non-hydrogen) atoms. The largest absolute Gasteiger partial charge is 0.249 e. The second-order valence-electron chi connectivity index (χ2n) is 1.74. The quantitative estimate of drug-likeness (QED) is 0.645. The Labute approximate surface area is 79.4 Å². The summed E-state index contributed by atoms with van der Waals surface area (Å²) >= 11 is 3.03. The number of aromatic nitrogens is 1. The summed E-state index contributed by atoms with van der Waals surface area (Å²) in [6, 6.07) is 2.47. The maximum Gasteiger partial charge on any atom is 0.106 e. The number of pyridine rings is 1. The van der Waals surface area contributed by atoms with Gasteiger partial charge in [0.1, 0.15) is 4.60 Å². The number of rotatable bonds is 1. The Kier molecular flexibility index (Phi) is 0.817. The Bertz CT molecular complexity index is 397. The molecule has 1 nitrogen and oxygen atoms in total.